The highest BCUT2D eigenvalue weighted by Gasteiger charge is 2.19. The van der Waals surface area contributed by atoms with E-state index < -0.39 is 18.5 Å². The van der Waals surface area contributed by atoms with Crippen molar-refractivity contribution in [3.63, 3.8) is 0 Å². The molecule has 0 radical (unpaired) electrons. The number of aromatic nitrogens is 3. The van der Waals surface area contributed by atoms with E-state index in [1.54, 1.807) is 18.2 Å². The largest absolute Gasteiger partial charge is 0.451 e. The van der Waals surface area contributed by atoms with Gasteiger partial charge in [-0.15, -0.1) is 11.3 Å². The van der Waals surface area contributed by atoms with Gasteiger partial charge in [0.2, 0.25) is 0 Å². The number of carbonyl (C=O) groups is 2. The number of rotatable bonds is 5. The molecule has 0 atom stereocenters. The highest BCUT2D eigenvalue weighted by Crippen LogP contribution is 2.35. The summed E-state index contributed by atoms with van der Waals surface area (Å²) in [6.45, 7) is -0.479. The molecule has 0 spiro atoms. The summed E-state index contributed by atoms with van der Waals surface area (Å²) in [7, 11) is 0. The van der Waals surface area contributed by atoms with Crippen molar-refractivity contribution in [2.75, 3.05) is 11.9 Å². The number of ether oxygens (including phenoxy) is 1. The first-order valence-electron chi connectivity index (χ1n) is 8.31. The normalized spacial score (nSPS) is 10.8. The minimum Gasteiger partial charge on any atom is -0.451 e. The van der Waals surface area contributed by atoms with E-state index in [1.807, 2.05) is 24.3 Å². The second kappa shape index (κ2) is 8.20. The molecule has 2 aromatic carbocycles. The molecule has 0 aliphatic rings. The topological polar surface area (TPSA) is 86.1 Å². The fraction of sp³-hybridized carbons (Fsp3) is 0.0526. The van der Waals surface area contributed by atoms with Crippen LogP contribution in [-0.4, -0.2) is 33.2 Å². The maximum atomic E-state index is 12.4. The van der Waals surface area contributed by atoms with E-state index in [0.29, 0.717) is 21.4 Å². The summed E-state index contributed by atoms with van der Waals surface area (Å²) in [6.07, 6.45) is 2.86. The molecule has 0 unspecified atom stereocenters. The molecule has 0 fully saturated rings. The van der Waals surface area contributed by atoms with E-state index in [9.17, 15) is 9.59 Å². The molecule has 2 aromatic heterocycles. The Balaban J connectivity index is 1.46. The lowest BCUT2D eigenvalue weighted by atomic mass is 10.2. The van der Waals surface area contributed by atoms with Crippen LogP contribution in [0.5, 0.6) is 0 Å². The number of fused-ring (bicyclic) bond motifs is 1. The molecule has 0 bridgehead atoms. The van der Waals surface area contributed by atoms with E-state index in [0.717, 1.165) is 10.1 Å². The van der Waals surface area contributed by atoms with Crippen LogP contribution in [0.3, 0.4) is 0 Å². The van der Waals surface area contributed by atoms with Crippen molar-refractivity contribution in [2.24, 2.45) is 0 Å². The van der Waals surface area contributed by atoms with E-state index >= 15 is 0 Å². The Morgan fingerprint density at radius 1 is 1.17 bits per heavy atom. The fourth-order valence-corrected chi connectivity index (χ4v) is 4.24. The second-order valence-corrected chi connectivity index (χ2v) is 7.73. The summed E-state index contributed by atoms with van der Waals surface area (Å²) in [5, 5.41) is 8.23. The average Bonchev–Trinajstić information content (AvgIpc) is 3.35. The van der Waals surface area contributed by atoms with Crippen molar-refractivity contribution in [2.45, 2.75) is 0 Å². The van der Waals surface area contributed by atoms with Gasteiger partial charge in [0.05, 0.1) is 16.4 Å². The number of amides is 1. The summed E-state index contributed by atoms with van der Waals surface area (Å²) in [5.41, 5.74) is 0.975. The Kier molecular flexibility index (Phi) is 5.48. The van der Waals surface area contributed by atoms with E-state index in [4.69, 9.17) is 27.9 Å². The Hall–Kier alpha value is -2.94. The molecule has 1 amide bonds. The van der Waals surface area contributed by atoms with Crippen LogP contribution in [-0.2, 0) is 9.53 Å². The molecule has 7 nitrogen and oxygen atoms in total. The van der Waals surface area contributed by atoms with Crippen LogP contribution in [0, 0.1) is 0 Å². The van der Waals surface area contributed by atoms with Gasteiger partial charge in [-0.05, 0) is 24.3 Å². The first-order valence-corrected chi connectivity index (χ1v) is 9.89. The SMILES string of the molecule is O=C(COC(=O)c1sc2ccccc2c1Cl)Nc1cc(Cl)ccc1-n1cncn1. The molecule has 4 aromatic rings. The second-order valence-electron chi connectivity index (χ2n) is 5.87. The third-order valence-corrected chi connectivity index (χ3v) is 5.84. The molecule has 1 N–H and O–H groups in total. The summed E-state index contributed by atoms with van der Waals surface area (Å²) in [4.78, 5) is 28.9. The van der Waals surface area contributed by atoms with Crippen LogP contribution in [0.2, 0.25) is 10.0 Å². The minimum atomic E-state index is -0.658. The highest BCUT2D eigenvalue weighted by molar-refractivity contribution is 7.21. The van der Waals surface area contributed by atoms with Crippen LogP contribution >= 0.6 is 34.5 Å². The van der Waals surface area contributed by atoms with Gasteiger partial charge in [0.25, 0.3) is 5.91 Å². The predicted molar refractivity (Wildman–Crippen MR) is 112 cm³/mol. The Labute approximate surface area is 178 Å². The zero-order chi connectivity index (χ0) is 20.4. The van der Waals surface area contributed by atoms with Gasteiger partial charge < -0.3 is 10.1 Å². The summed E-state index contributed by atoms with van der Waals surface area (Å²) in [5.74, 6) is -1.19. The molecule has 4 rings (SSSR count). The molecule has 146 valence electrons. The first-order chi connectivity index (χ1) is 14.0. The lowest BCUT2D eigenvalue weighted by Crippen LogP contribution is -2.21. The fourth-order valence-electron chi connectivity index (χ4n) is 2.67. The van der Waals surface area contributed by atoms with Gasteiger partial charge in [0.15, 0.2) is 6.61 Å². The van der Waals surface area contributed by atoms with Crippen molar-refractivity contribution in [3.05, 3.63) is 70.0 Å². The standard InChI is InChI=1S/C19H12Cl2N4O3S/c20-11-5-6-14(25-10-22-9-23-25)13(7-11)24-16(26)8-28-19(27)18-17(21)12-3-1-2-4-15(12)29-18/h1-7,9-10H,8H2,(H,24,26). The van der Waals surface area contributed by atoms with Gasteiger partial charge in [0, 0.05) is 15.1 Å². The zero-order valence-corrected chi connectivity index (χ0v) is 17.0. The number of hydrogen-bond acceptors (Lipinski definition) is 6. The number of hydrogen-bond donors (Lipinski definition) is 1. The van der Waals surface area contributed by atoms with E-state index in [2.05, 4.69) is 15.4 Å². The van der Waals surface area contributed by atoms with Crippen LogP contribution < -0.4 is 5.32 Å². The monoisotopic (exact) mass is 446 g/mol. The van der Waals surface area contributed by atoms with Gasteiger partial charge in [-0.2, -0.15) is 5.10 Å². The molecule has 10 heteroatoms. The number of nitrogens with one attached hydrogen (secondary N) is 1. The van der Waals surface area contributed by atoms with Gasteiger partial charge in [-0.25, -0.2) is 14.5 Å². The van der Waals surface area contributed by atoms with Crippen LogP contribution in [0.1, 0.15) is 9.67 Å². The quantitative estimate of drug-likeness (QED) is 0.453. The van der Waals surface area contributed by atoms with Gasteiger partial charge >= 0.3 is 5.97 Å². The van der Waals surface area contributed by atoms with Crippen molar-refractivity contribution in [1.29, 1.82) is 0 Å². The van der Waals surface area contributed by atoms with Crippen LogP contribution in [0.4, 0.5) is 5.69 Å². The van der Waals surface area contributed by atoms with Crippen LogP contribution in [0.25, 0.3) is 15.8 Å². The molecule has 0 aliphatic heterocycles. The maximum Gasteiger partial charge on any atom is 0.350 e. The molecule has 2 heterocycles. The Morgan fingerprint density at radius 2 is 2.00 bits per heavy atom. The van der Waals surface area contributed by atoms with Gasteiger partial charge in [0.1, 0.15) is 17.5 Å². The number of nitrogens with zero attached hydrogens (tertiary/aromatic N) is 3. The van der Waals surface area contributed by atoms with Crippen molar-refractivity contribution in [1.82, 2.24) is 14.8 Å². The van der Waals surface area contributed by atoms with E-state index in [-0.39, 0.29) is 4.88 Å². The van der Waals surface area contributed by atoms with Crippen molar-refractivity contribution < 1.29 is 14.3 Å². The van der Waals surface area contributed by atoms with Crippen molar-refractivity contribution >= 4 is 62.2 Å². The summed E-state index contributed by atoms with van der Waals surface area (Å²) < 4.78 is 7.49. The minimum absolute atomic E-state index is 0.256. The Morgan fingerprint density at radius 3 is 2.76 bits per heavy atom. The summed E-state index contributed by atoms with van der Waals surface area (Å²) in [6, 6.07) is 12.3. The first kappa shape index (κ1) is 19.4. The molecular formula is C19H12Cl2N4O3S. The third-order valence-electron chi connectivity index (χ3n) is 3.95. The highest BCUT2D eigenvalue weighted by atomic mass is 35.5. The lowest BCUT2D eigenvalue weighted by Gasteiger charge is -2.11. The molecule has 0 saturated heterocycles. The van der Waals surface area contributed by atoms with Crippen molar-refractivity contribution in [3.8, 4) is 5.69 Å². The number of esters is 1. The maximum absolute atomic E-state index is 12.4. The van der Waals surface area contributed by atoms with E-state index in [1.165, 1.54) is 28.7 Å². The molecule has 29 heavy (non-hydrogen) atoms. The average molecular weight is 447 g/mol. The van der Waals surface area contributed by atoms with Gasteiger partial charge in [-0.3, -0.25) is 4.79 Å². The number of anilines is 1. The smallest absolute Gasteiger partial charge is 0.350 e. The number of carbonyl (C=O) groups excluding carboxylic acids is 2. The van der Waals surface area contributed by atoms with Crippen LogP contribution in [0.15, 0.2) is 55.1 Å². The molecule has 0 saturated carbocycles. The number of halogens is 2. The van der Waals surface area contributed by atoms with Gasteiger partial charge in [-0.1, -0.05) is 41.4 Å². The Bertz CT molecular complexity index is 1210. The lowest BCUT2D eigenvalue weighted by molar-refractivity contribution is -0.119. The zero-order valence-electron chi connectivity index (χ0n) is 14.6. The number of benzene rings is 2. The summed E-state index contributed by atoms with van der Waals surface area (Å²) >= 11 is 13.5. The predicted octanol–water partition coefficient (Wildman–Crippen LogP) is 4.58. The number of thiophene rings is 1. The molecule has 0 aliphatic carbocycles. The molecular weight excluding hydrogens is 435 g/mol. The third kappa shape index (κ3) is 4.09.